The van der Waals surface area contributed by atoms with Gasteiger partial charge in [0.15, 0.2) is 0 Å². The molecule has 3 aliphatic heterocycles. The number of benzene rings is 5. The van der Waals surface area contributed by atoms with Crippen LogP contribution in [0.5, 0.6) is 0 Å². The van der Waals surface area contributed by atoms with E-state index in [0.717, 1.165) is 22.5 Å². The van der Waals surface area contributed by atoms with E-state index in [2.05, 4.69) is 10.2 Å². The lowest BCUT2D eigenvalue weighted by molar-refractivity contribution is 0.0595. The number of carbonyl (C=O) groups is 4. The highest BCUT2D eigenvalue weighted by molar-refractivity contribution is 6.21. The van der Waals surface area contributed by atoms with E-state index in [9.17, 15) is 19.2 Å². The van der Waals surface area contributed by atoms with Crippen molar-refractivity contribution < 1.29 is 19.2 Å². The van der Waals surface area contributed by atoms with E-state index in [1.165, 1.54) is 4.90 Å². The van der Waals surface area contributed by atoms with Gasteiger partial charge in [-0.15, -0.1) is 0 Å². The second-order valence-electron chi connectivity index (χ2n) is 12.1. The van der Waals surface area contributed by atoms with Gasteiger partial charge in [-0.2, -0.15) is 0 Å². The van der Waals surface area contributed by atoms with Crippen LogP contribution in [0.3, 0.4) is 0 Å². The summed E-state index contributed by atoms with van der Waals surface area (Å²) in [5.74, 6) is -0.907. The number of imide groups is 1. The van der Waals surface area contributed by atoms with Crippen LogP contribution in [0.15, 0.2) is 127 Å². The summed E-state index contributed by atoms with van der Waals surface area (Å²) in [5, 5.41) is 2.98. The maximum absolute atomic E-state index is 14.0. The molecule has 1 unspecified atom stereocenters. The third-order valence-electron chi connectivity index (χ3n) is 9.35. The molecule has 230 valence electrons. The Morgan fingerprint density at radius 3 is 1.89 bits per heavy atom. The summed E-state index contributed by atoms with van der Waals surface area (Å²) in [7, 11) is 0. The molecule has 5 aromatic rings. The van der Waals surface area contributed by atoms with Crippen molar-refractivity contribution in [1.29, 1.82) is 0 Å². The van der Waals surface area contributed by atoms with Crippen molar-refractivity contribution in [2.24, 2.45) is 0 Å². The van der Waals surface area contributed by atoms with Crippen LogP contribution in [0, 0.1) is 0 Å². The van der Waals surface area contributed by atoms with Crippen LogP contribution in [0.2, 0.25) is 0 Å². The average molecular weight is 619 g/mol. The van der Waals surface area contributed by atoms with Gasteiger partial charge >= 0.3 is 0 Å². The number of rotatable bonds is 5. The number of para-hydroxylation sites is 2. The molecule has 1 saturated heterocycles. The molecule has 8 nitrogen and oxygen atoms in total. The highest BCUT2D eigenvalue weighted by Crippen LogP contribution is 2.42. The fourth-order valence-corrected chi connectivity index (χ4v) is 7.12. The molecule has 4 amide bonds. The number of nitrogens with zero attached hydrogens (tertiary/aromatic N) is 3. The molecule has 47 heavy (non-hydrogen) atoms. The SMILES string of the molecule is O=C(Nc1ccc(C(=O)N2C[C@H]3CC(N4C(=O)c5ccccc5C4=O)CN3c3ccccc32)cc1)c1ccccc1-c1ccccc1. The van der Waals surface area contributed by atoms with E-state index in [1.807, 2.05) is 72.8 Å². The molecule has 0 radical (unpaired) electrons. The Labute approximate surface area is 271 Å². The van der Waals surface area contributed by atoms with Crippen molar-refractivity contribution in [3.05, 3.63) is 150 Å². The number of carbonyl (C=O) groups excluding carboxylic acids is 4. The van der Waals surface area contributed by atoms with Gasteiger partial charge in [-0.1, -0.05) is 72.8 Å². The van der Waals surface area contributed by atoms with Crippen molar-refractivity contribution in [3.8, 4) is 11.1 Å². The predicted octanol–water partition coefficient (Wildman–Crippen LogP) is 6.51. The molecule has 3 heterocycles. The number of anilines is 3. The van der Waals surface area contributed by atoms with Gasteiger partial charge < -0.3 is 15.1 Å². The molecule has 3 aliphatic rings. The molecule has 1 N–H and O–H groups in total. The lowest BCUT2D eigenvalue weighted by atomic mass is 9.99. The summed E-state index contributed by atoms with van der Waals surface area (Å²) < 4.78 is 0. The number of hydrogen-bond acceptors (Lipinski definition) is 5. The maximum atomic E-state index is 14.0. The van der Waals surface area contributed by atoms with Gasteiger partial charge in [-0.25, -0.2) is 0 Å². The minimum atomic E-state index is -0.301. The van der Waals surface area contributed by atoms with E-state index in [0.29, 0.717) is 47.5 Å². The fraction of sp³-hybridized carbons (Fsp3) is 0.128. The van der Waals surface area contributed by atoms with Gasteiger partial charge in [0.2, 0.25) is 0 Å². The normalized spacial score (nSPS) is 18.1. The van der Waals surface area contributed by atoms with Crippen molar-refractivity contribution >= 4 is 40.7 Å². The van der Waals surface area contributed by atoms with Crippen LogP contribution in [0.25, 0.3) is 11.1 Å². The van der Waals surface area contributed by atoms with Crippen molar-refractivity contribution in [1.82, 2.24) is 4.90 Å². The average Bonchev–Trinajstić information content (AvgIpc) is 3.66. The summed E-state index contributed by atoms with van der Waals surface area (Å²) in [5.41, 5.74) is 6.00. The molecule has 8 rings (SSSR count). The summed E-state index contributed by atoms with van der Waals surface area (Å²) in [4.78, 5) is 59.2. The van der Waals surface area contributed by atoms with E-state index in [1.54, 1.807) is 59.5 Å². The first-order chi connectivity index (χ1) is 23.0. The number of fused-ring (bicyclic) bond motifs is 4. The van der Waals surface area contributed by atoms with Crippen LogP contribution >= 0.6 is 0 Å². The van der Waals surface area contributed by atoms with Crippen LogP contribution in [0.1, 0.15) is 47.9 Å². The molecule has 0 bridgehead atoms. The third-order valence-corrected chi connectivity index (χ3v) is 9.35. The summed E-state index contributed by atoms with van der Waals surface area (Å²) in [6.07, 6.45) is 0.568. The molecule has 0 saturated carbocycles. The smallest absolute Gasteiger partial charge is 0.261 e. The number of hydrogen-bond donors (Lipinski definition) is 1. The van der Waals surface area contributed by atoms with E-state index in [4.69, 9.17) is 0 Å². The molecular formula is C39H30N4O4. The first-order valence-corrected chi connectivity index (χ1v) is 15.7. The van der Waals surface area contributed by atoms with Crippen LogP contribution in [-0.4, -0.2) is 53.7 Å². The Morgan fingerprint density at radius 1 is 0.596 bits per heavy atom. The molecule has 0 aliphatic carbocycles. The van der Waals surface area contributed by atoms with Crippen LogP contribution in [0.4, 0.5) is 17.1 Å². The van der Waals surface area contributed by atoms with Crippen LogP contribution in [-0.2, 0) is 0 Å². The molecule has 1 fully saturated rings. The lowest BCUT2D eigenvalue weighted by Crippen LogP contribution is -2.48. The van der Waals surface area contributed by atoms with Gasteiger partial charge in [0, 0.05) is 35.9 Å². The lowest BCUT2D eigenvalue weighted by Gasteiger charge is -2.40. The molecule has 0 spiro atoms. The maximum Gasteiger partial charge on any atom is 0.261 e. The zero-order valence-corrected chi connectivity index (χ0v) is 25.4. The first-order valence-electron chi connectivity index (χ1n) is 15.7. The van der Waals surface area contributed by atoms with Crippen molar-refractivity contribution in [2.45, 2.75) is 18.5 Å². The first kappa shape index (κ1) is 28.5. The van der Waals surface area contributed by atoms with Gasteiger partial charge in [0.05, 0.1) is 28.5 Å². The van der Waals surface area contributed by atoms with E-state index < -0.39 is 0 Å². The zero-order chi connectivity index (χ0) is 32.1. The Balaban J connectivity index is 1.00. The minimum absolute atomic E-state index is 0.0635. The second kappa shape index (κ2) is 11.4. The molecule has 2 atom stereocenters. The molecular weight excluding hydrogens is 588 g/mol. The van der Waals surface area contributed by atoms with Gasteiger partial charge in [-0.05, 0) is 72.1 Å². The van der Waals surface area contributed by atoms with E-state index in [-0.39, 0.29) is 35.7 Å². The summed E-state index contributed by atoms with van der Waals surface area (Å²) in [6, 6.07) is 38.5. The summed E-state index contributed by atoms with van der Waals surface area (Å²) >= 11 is 0. The van der Waals surface area contributed by atoms with E-state index >= 15 is 0 Å². The molecule has 8 heteroatoms. The van der Waals surface area contributed by atoms with Gasteiger partial charge in [-0.3, -0.25) is 24.1 Å². The third kappa shape index (κ3) is 4.86. The van der Waals surface area contributed by atoms with Crippen molar-refractivity contribution in [3.63, 3.8) is 0 Å². The predicted molar refractivity (Wildman–Crippen MR) is 181 cm³/mol. The van der Waals surface area contributed by atoms with Crippen LogP contribution < -0.4 is 15.1 Å². The Morgan fingerprint density at radius 2 is 1.19 bits per heavy atom. The largest absolute Gasteiger partial charge is 0.363 e. The van der Waals surface area contributed by atoms with Gasteiger partial charge in [0.25, 0.3) is 23.6 Å². The molecule has 0 aromatic heterocycles. The van der Waals surface area contributed by atoms with Crippen molar-refractivity contribution in [2.75, 3.05) is 28.2 Å². The monoisotopic (exact) mass is 618 g/mol. The topological polar surface area (TPSA) is 90.0 Å². The summed E-state index contributed by atoms with van der Waals surface area (Å²) in [6.45, 7) is 0.932. The Bertz CT molecular complexity index is 2020. The number of nitrogens with one attached hydrogen (secondary N) is 1. The van der Waals surface area contributed by atoms with Gasteiger partial charge in [0.1, 0.15) is 0 Å². The highest BCUT2D eigenvalue weighted by Gasteiger charge is 2.47. The highest BCUT2D eigenvalue weighted by atomic mass is 16.2. The Kier molecular flexibility index (Phi) is 6.90. The zero-order valence-electron chi connectivity index (χ0n) is 25.4. The fourth-order valence-electron chi connectivity index (χ4n) is 7.12. The Hall–Kier alpha value is -6.02. The number of amides is 4. The quantitative estimate of drug-likeness (QED) is 0.227. The molecule has 5 aromatic carbocycles. The second-order valence-corrected chi connectivity index (χ2v) is 12.1. The minimum Gasteiger partial charge on any atom is -0.363 e. The standard InChI is InChI=1S/C39H30N4O4/c44-36(31-13-5-4-12-30(31)25-10-2-1-3-11-25)40-27-20-18-26(19-21-27)37(45)42-23-28-22-29(24-41(28)34-16-8-9-17-35(34)42)43-38(46)32-14-6-7-15-33(32)39(43)47/h1-21,28-29H,22-24H2,(H,40,44)/t28-,29?/m1/s1.